The van der Waals surface area contributed by atoms with E-state index in [-0.39, 0.29) is 17.2 Å². The molecule has 90 valence electrons. The van der Waals surface area contributed by atoms with E-state index < -0.39 is 4.92 Å². The van der Waals surface area contributed by atoms with Gasteiger partial charge in [-0.1, -0.05) is 0 Å². The van der Waals surface area contributed by atoms with Crippen LogP contribution in [0.15, 0.2) is 18.2 Å². The number of hydrogen-bond donors (Lipinski definition) is 1. The molecule has 1 fully saturated rings. The van der Waals surface area contributed by atoms with Crippen LogP contribution >= 0.6 is 0 Å². The first-order valence-corrected chi connectivity index (χ1v) is 5.32. The minimum absolute atomic E-state index is 0.229. The van der Waals surface area contributed by atoms with Crippen LogP contribution in [0, 0.1) is 10.1 Å². The Labute approximate surface area is 97.6 Å². The number of nitro benzene ring substituents is 1. The number of ketones is 1. The molecular formula is C11H12N2O4. The van der Waals surface area contributed by atoms with E-state index in [0.29, 0.717) is 31.6 Å². The van der Waals surface area contributed by atoms with Crippen LogP contribution in [0.4, 0.5) is 11.4 Å². The monoisotopic (exact) mass is 236 g/mol. The van der Waals surface area contributed by atoms with Crippen LogP contribution in [0.3, 0.4) is 0 Å². The van der Waals surface area contributed by atoms with E-state index in [1.54, 1.807) is 6.07 Å². The molecule has 0 atom stereocenters. The minimum atomic E-state index is -0.626. The Morgan fingerprint density at radius 2 is 1.94 bits per heavy atom. The zero-order valence-corrected chi connectivity index (χ0v) is 9.13. The molecule has 0 amide bonds. The quantitative estimate of drug-likeness (QED) is 0.621. The van der Waals surface area contributed by atoms with Gasteiger partial charge in [0.1, 0.15) is 5.78 Å². The number of hydrogen-bond acceptors (Lipinski definition) is 5. The van der Waals surface area contributed by atoms with Gasteiger partial charge in [0, 0.05) is 43.8 Å². The van der Waals surface area contributed by atoms with Crippen LogP contribution in [0.5, 0.6) is 5.75 Å². The van der Waals surface area contributed by atoms with Crippen LogP contribution in [0.2, 0.25) is 0 Å². The lowest BCUT2D eigenvalue weighted by Gasteiger charge is -2.28. The van der Waals surface area contributed by atoms with Gasteiger partial charge in [-0.3, -0.25) is 14.9 Å². The first kappa shape index (κ1) is 11.4. The molecule has 1 heterocycles. The molecule has 0 saturated carbocycles. The number of rotatable bonds is 2. The Morgan fingerprint density at radius 3 is 2.47 bits per heavy atom. The number of aromatic hydroxyl groups is 1. The molecule has 1 saturated heterocycles. The van der Waals surface area contributed by atoms with Crippen molar-refractivity contribution in [1.29, 1.82) is 0 Å². The molecule has 0 unspecified atom stereocenters. The summed E-state index contributed by atoms with van der Waals surface area (Å²) in [7, 11) is 0. The van der Waals surface area contributed by atoms with Gasteiger partial charge < -0.3 is 10.0 Å². The van der Waals surface area contributed by atoms with E-state index in [1.165, 1.54) is 12.1 Å². The third-order valence-electron chi connectivity index (χ3n) is 2.84. The summed E-state index contributed by atoms with van der Waals surface area (Å²) in [4.78, 5) is 22.9. The van der Waals surface area contributed by atoms with Gasteiger partial charge in [-0.05, 0) is 6.07 Å². The van der Waals surface area contributed by atoms with E-state index in [9.17, 15) is 20.0 Å². The normalized spacial score (nSPS) is 16.0. The molecule has 17 heavy (non-hydrogen) atoms. The number of piperidine rings is 1. The SMILES string of the molecule is O=C1CCN(c2ccc([N+](=O)[O-])c(O)c2)CC1. The zero-order valence-electron chi connectivity index (χ0n) is 9.13. The lowest BCUT2D eigenvalue weighted by Crippen LogP contribution is -2.33. The summed E-state index contributed by atoms with van der Waals surface area (Å²) in [6.07, 6.45) is 0.968. The number of nitrogens with zero attached hydrogens (tertiary/aromatic N) is 2. The number of nitro groups is 1. The highest BCUT2D eigenvalue weighted by molar-refractivity contribution is 5.81. The molecule has 1 aliphatic heterocycles. The number of carbonyl (C=O) groups excluding carboxylic acids is 1. The van der Waals surface area contributed by atoms with Crippen molar-refractivity contribution in [3.63, 3.8) is 0 Å². The van der Waals surface area contributed by atoms with Crippen molar-refractivity contribution in [2.75, 3.05) is 18.0 Å². The summed E-state index contributed by atoms with van der Waals surface area (Å²) in [5.74, 6) is -0.114. The van der Waals surface area contributed by atoms with Gasteiger partial charge in [-0.25, -0.2) is 0 Å². The molecular weight excluding hydrogens is 224 g/mol. The summed E-state index contributed by atoms with van der Waals surface area (Å²) >= 11 is 0. The molecule has 0 aromatic heterocycles. The predicted octanol–water partition coefficient (Wildman–Crippen LogP) is 1.47. The number of phenolic OH excluding ortho intramolecular Hbond substituents is 1. The number of anilines is 1. The maximum absolute atomic E-state index is 11.1. The summed E-state index contributed by atoms with van der Waals surface area (Å²) in [5.41, 5.74) is 0.405. The topological polar surface area (TPSA) is 83.7 Å². The van der Waals surface area contributed by atoms with E-state index in [0.717, 1.165) is 0 Å². The lowest BCUT2D eigenvalue weighted by molar-refractivity contribution is -0.385. The average Bonchev–Trinajstić information content (AvgIpc) is 2.29. The first-order valence-electron chi connectivity index (χ1n) is 5.32. The Bertz CT molecular complexity index is 463. The Hall–Kier alpha value is -2.11. The lowest BCUT2D eigenvalue weighted by atomic mass is 10.1. The van der Waals surface area contributed by atoms with Crippen molar-refractivity contribution < 1.29 is 14.8 Å². The van der Waals surface area contributed by atoms with Crippen molar-refractivity contribution in [2.45, 2.75) is 12.8 Å². The fourth-order valence-electron chi connectivity index (χ4n) is 1.88. The Balaban J connectivity index is 2.20. The third-order valence-corrected chi connectivity index (χ3v) is 2.84. The van der Waals surface area contributed by atoms with Gasteiger partial charge in [0.15, 0.2) is 5.75 Å². The largest absolute Gasteiger partial charge is 0.502 e. The van der Waals surface area contributed by atoms with Gasteiger partial charge in [0.25, 0.3) is 0 Å². The second-order valence-corrected chi connectivity index (χ2v) is 3.96. The summed E-state index contributed by atoms with van der Waals surface area (Å²) in [6.45, 7) is 1.19. The smallest absolute Gasteiger partial charge is 0.310 e. The number of Topliss-reactive ketones (excluding diaryl/α,β-unsaturated/α-hetero) is 1. The van der Waals surface area contributed by atoms with Crippen molar-refractivity contribution in [1.82, 2.24) is 0 Å². The molecule has 1 aromatic carbocycles. The fourth-order valence-corrected chi connectivity index (χ4v) is 1.88. The van der Waals surface area contributed by atoms with Crippen molar-refractivity contribution >= 4 is 17.2 Å². The Morgan fingerprint density at radius 1 is 1.29 bits per heavy atom. The summed E-state index contributed by atoms with van der Waals surface area (Å²) in [6, 6.07) is 4.24. The molecule has 1 aliphatic rings. The standard InChI is InChI=1S/C11H12N2O4/c14-9-3-5-12(6-4-9)8-1-2-10(13(16)17)11(15)7-8/h1-2,7,15H,3-6H2. The van der Waals surface area contributed by atoms with Gasteiger partial charge in [-0.15, -0.1) is 0 Å². The highest BCUT2D eigenvalue weighted by Gasteiger charge is 2.19. The molecule has 1 aromatic rings. The van der Waals surface area contributed by atoms with Crippen LogP contribution in [0.1, 0.15) is 12.8 Å². The van der Waals surface area contributed by atoms with E-state index >= 15 is 0 Å². The van der Waals surface area contributed by atoms with E-state index in [2.05, 4.69) is 0 Å². The van der Waals surface area contributed by atoms with Gasteiger partial charge >= 0.3 is 5.69 Å². The molecule has 2 rings (SSSR count). The third kappa shape index (κ3) is 2.35. The van der Waals surface area contributed by atoms with Crippen molar-refractivity contribution in [3.8, 4) is 5.75 Å². The van der Waals surface area contributed by atoms with Crippen LogP contribution < -0.4 is 4.90 Å². The average molecular weight is 236 g/mol. The molecule has 6 nitrogen and oxygen atoms in total. The van der Waals surface area contributed by atoms with Crippen LogP contribution in [-0.2, 0) is 4.79 Å². The first-order chi connectivity index (χ1) is 8.08. The zero-order chi connectivity index (χ0) is 12.4. The van der Waals surface area contributed by atoms with Gasteiger partial charge in [-0.2, -0.15) is 0 Å². The summed E-state index contributed by atoms with van der Waals surface area (Å²) < 4.78 is 0. The van der Waals surface area contributed by atoms with Crippen molar-refractivity contribution in [2.24, 2.45) is 0 Å². The van der Waals surface area contributed by atoms with E-state index in [1.807, 2.05) is 4.90 Å². The molecule has 1 N–H and O–H groups in total. The Kier molecular flexibility index (Phi) is 2.95. The minimum Gasteiger partial charge on any atom is -0.502 e. The maximum atomic E-state index is 11.1. The van der Waals surface area contributed by atoms with E-state index in [4.69, 9.17) is 0 Å². The fraction of sp³-hybridized carbons (Fsp3) is 0.364. The second kappa shape index (κ2) is 4.40. The van der Waals surface area contributed by atoms with Gasteiger partial charge in [0.2, 0.25) is 0 Å². The predicted molar refractivity (Wildman–Crippen MR) is 61.2 cm³/mol. The maximum Gasteiger partial charge on any atom is 0.310 e. The highest BCUT2D eigenvalue weighted by atomic mass is 16.6. The second-order valence-electron chi connectivity index (χ2n) is 3.96. The van der Waals surface area contributed by atoms with Crippen LogP contribution in [0.25, 0.3) is 0 Å². The molecule has 0 spiro atoms. The van der Waals surface area contributed by atoms with Gasteiger partial charge in [0.05, 0.1) is 4.92 Å². The van der Waals surface area contributed by atoms with Crippen LogP contribution in [-0.4, -0.2) is 28.9 Å². The van der Waals surface area contributed by atoms with Crippen molar-refractivity contribution in [3.05, 3.63) is 28.3 Å². The number of phenols is 1. The number of carbonyl (C=O) groups is 1. The molecule has 0 aliphatic carbocycles. The molecule has 6 heteroatoms. The molecule has 0 bridgehead atoms. The summed E-state index contributed by atoms with van der Waals surface area (Å²) in [5, 5.41) is 20.0. The number of benzene rings is 1. The molecule has 0 radical (unpaired) electrons. The highest BCUT2D eigenvalue weighted by Crippen LogP contribution is 2.31.